The van der Waals surface area contributed by atoms with E-state index in [1.165, 1.54) is 4.90 Å². The number of pyridine rings is 1. The van der Waals surface area contributed by atoms with E-state index in [1.807, 2.05) is 12.1 Å². The molecular weight excluding hydrogens is 414 g/mol. The van der Waals surface area contributed by atoms with Gasteiger partial charge in [-0.25, -0.2) is 0 Å². The summed E-state index contributed by atoms with van der Waals surface area (Å²) in [6.07, 6.45) is 3.59. The Hall–Kier alpha value is -3.51. The van der Waals surface area contributed by atoms with Gasteiger partial charge in [-0.05, 0) is 60.0 Å². The molecule has 0 fully saturated rings. The highest BCUT2D eigenvalue weighted by Gasteiger charge is 2.38. The van der Waals surface area contributed by atoms with Crippen LogP contribution in [0.15, 0.2) is 67.0 Å². The molecule has 1 N–H and O–H groups in total. The normalized spacial score (nSPS) is 15.5. The molecule has 0 saturated carbocycles. The molecule has 0 radical (unpaired) electrons. The van der Waals surface area contributed by atoms with Crippen molar-refractivity contribution in [2.24, 2.45) is 5.92 Å². The molecule has 0 aliphatic carbocycles. The number of anilines is 1. The van der Waals surface area contributed by atoms with Gasteiger partial charge < -0.3 is 10.2 Å². The molecule has 3 aromatic rings. The Labute approximate surface area is 184 Å². The standard InChI is InChI=1S/C24H20ClN3O3/c1-28-21-7-4-17(23(30)27-14-16-8-10-26-11-9-16)13-19(21)22(29)20(24(28)31)12-15-2-5-18(25)6-3-15/h2-11,13,20H,12,14H2,1H3,(H,27,30). The number of ketones is 1. The Morgan fingerprint density at radius 1 is 1.03 bits per heavy atom. The Morgan fingerprint density at radius 2 is 1.74 bits per heavy atom. The van der Waals surface area contributed by atoms with Crippen molar-refractivity contribution < 1.29 is 14.4 Å². The van der Waals surface area contributed by atoms with Crippen LogP contribution in [-0.2, 0) is 17.8 Å². The van der Waals surface area contributed by atoms with Crippen LogP contribution in [-0.4, -0.2) is 29.6 Å². The first kappa shape index (κ1) is 20.8. The largest absolute Gasteiger partial charge is 0.348 e. The first-order chi connectivity index (χ1) is 14.9. The lowest BCUT2D eigenvalue weighted by Gasteiger charge is -2.30. The molecule has 1 aliphatic heterocycles. The first-order valence-electron chi connectivity index (χ1n) is 9.81. The minimum absolute atomic E-state index is 0.262. The Bertz CT molecular complexity index is 1150. The Kier molecular flexibility index (Phi) is 5.82. The van der Waals surface area contributed by atoms with Gasteiger partial charge in [-0.1, -0.05) is 23.7 Å². The average molecular weight is 434 g/mol. The van der Waals surface area contributed by atoms with Crippen LogP contribution in [0.4, 0.5) is 5.69 Å². The molecule has 0 bridgehead atoms. The molecule has 31 heavy (non-hydrogen) atoms. The summed E-state index contributed by atoms with van der Waals surface area (Å²) in [4.78, 5) is 44.1. The number of amides is 2. The first-order valence-corrected chi connectivity index (χ1v) is 10.2. The van der Waals surface area contributed by atoms with Gasteiger partial charge in [-0.15, -0.1) is 0 Å². The molecule has 0 spiro atoms. The minimum atomic E-state index is -0.839. The van der Waals surface area contributed by atoms with Crippen molar-refractivity contribution in [1.82, 2.24) is 10.3 Å². The molecule has 4 rings (SSSR count). The van der Waals surface area contributed by atoms with Crippen molar-refractivity contribution in [3.63, 3.8) is 0 Å². The van der Waals surface area contributed by atoms with E-state index < -0.39 is 5.92 Å². The van der Waals surface area contributed by atoms with Gasteiger partial charge in [0.2, 0.25) is 5.91 Å². The molecule has 1 atom stereocenters. The third-order valence-corrected chi connectivity index (χ3v) is 5.64. The van der Waals surface area contributed by atoms with E-state index in [9.17, 15) is 14.4 Å². The van der Waals surface area contributed by atoms with Crippen LogP contribution >= 0.6 is 11.6 Å². The van der Waals surface area contributed by atoms with E-state index in [4.69, 9.17) is 11.6 Å². The van der Waals surface area contributed by atoms with Crippen molar-refractivity contribution in [3.05, 3.63) is 94.3 Å². The van der Waals surface area contributed by atoms with E-state index in [1.54, 1.807) is 61.9 Å². The highest BCUT2D eigenvalue weighted by atomic mass is 35.5. The fraction of sp³-hybridized carbons (Fsp3) is 0.167. The molecule has 2 amide bonds. The highest BCUT2D eigenvalue weighted by Crippen LogP contribution is 2.32. The summed E-state index contributed by atoms with van der Waals surface area (Å²) in [5.74, 6) is -1.67. The van der Waals surface area contributed by atoms with Gasteiger partial charge in [0.05, 0.1) is 5.69 Å². The van der Waals surface area contributed by atoms with Gasteiger partial charge in [0.25, 0.3) is 5.91 Å². The molecule has 156 valence electrons. The average Bonchev–Trinajstić information content (AvgIpc) is 2.80. The van der Waals surface area contributed by atoms with Gasteiger partial charge in [0.1, 0.15) is 5.92 Å². The smallest absolute Gasteiger partial charge is 0.251 e. The fourth-order valence-corrected chi connectivity index (χ4v) is 3.77. The van der Waals surface area contributed by atoms with Crippen LogP contribution in [0.5, 0.6) is 0 Å². The Balaban J connectivity index is 1.56. The summed E-state index contributed by atoms with van der Waals surface area (Å²) in [7, 11) is 1.64. The predicted molar refractivity (Wildman–Crippen MR) is 118 cm³/mol. The molecule has 2 heterocycles. The summed E-state index contributed by atoms with van der Waals surface area (Å²) < 4.78 is 0. The number of benzene rings is 2. The quantitative estimate of drug-likeness (QED) is 0.622. The van der Waals surface area contributed by atoms with E-state index in [0.717, 1.165) is 11.1 Å². The van der Waals surface area contributed by atoms with E-state index in [0.29, 0.717) is 28.4 Å². The van der Waals surface area contributed by atoms with E-state index >= 15 is 0 Å². The van der Waals surface area contributed by atoms with Crippen LogP contribution in [0.2, 0.25) is 5.02 Å². The van der Waals surface area contributed by atoms with Crippen LogP contribution < -0.4 is 10.2 Å². The van der Waals surface area contributed by atoms with Crippen molar-refractivity contribution in [3.8, 4) is 0 Å². The number of carbonyl (C=O) groups is 3. The number of carbonyl (C=O) groups excluding carboxylic acids is 3. The second-order valence-electron chi connectivity index (χ2n) is 7.41. The zero-order valence-electron chi connectivity index (χ0n) is 16.8. The van der Waals surface area contributed by atoms with Gasteiger partial charge in [0.15, 0.2) is 5.78 Å². The van der Waals surface area contributed by atoms with Crippen molar-refractivity contribution in [1.29, 1.82) is 0 Å². The molecule has 2 aromatic carbocycles. The highest BCUT2D eigenvalue weighted by molar-refractivity contribution is 6.30. The molecule has 1 aliphatic rings. The summed E-state index contributed by atoms with van der Waals surface area (Å²) >= 11 is 5.93. The van der Waals surface area contributed by atoms with Gasteiger partial charge in [-0.2, -0.15) is 0 Å². The molecule has 7 heteroatoms. The lowest BCUT2D eigenvalue weighted by atomic mass is 9.85. The van der Waals surface area contributed by atoms with Crippen LogP contribution in [0.1, 0.15) is 31.8 Å². The topological polar surface area (TPSA) is 79.4 Å². The maximum Gasteiger partial charge on any atom is 0.251 e. The number of nitrogens with one attached hydrogen (secondary N) is 1. The van der Waals surface area contributed by atoms with Crippen LogP contribution in [0, 0.1) is 5.92 Å². The third kappa shape index (κ3) is 4.34. The number of fused-ring (bicyclic) bond motifs is 1. The number of hydrogen-bond acceptors (Lipinski definition) is 4. The number of Topliss-reactive ketones (excluding diaryl/α,β-unsaturated/α-hetero) is 1. The van der Waals surface area contributed by atoms with Gasteiger partial charge >= 0.3 is 0 Å². The SMILES string of the molecule is CN1C(=O)C(Cc2ccc(Cl)cc2)C(=O)c2cc(C(=O)NCc3ccncc3)ccc21. The van der Waals surface area contributed by atoms with E-state index in [2.05, 4.69) is 10.3 Å². The third-order valence-electron chi connectivity index (χ3n) is 5.39. The molecule has 1 aromatic heterocycles. The van der Waals surface area contributed by atoms with Gasteiger partial charge in [0, 0.05) is 42.1 Å². The fourth-order valence-electron chi connectivity index (χ4n) is 3.64. The zero-order valence-corrected chi connectivity index (χ0v) is 17.6. The summed E-state index contributed by atoms with van der Waals surface area (Å²) in [6, 6.07) is 15.6. The number of halogens is 1. The van der Waals surface area contributed by atoms with E-state index in [-0.39, 0.29) is 24.0 Å². The Morgan fingerprint density at radius 3 is 2.45 bits per heavy atom. The van der Waals surface area contributed by atoms with Crippen molar-refractivity contribution in [2.45, 2.75) is 13.0 Å². The summed E-state index contributed by atoms with van der Waals surface area (Å²) in [5.41, 5.74) is 3.02. The number of aromatic nitrogens is 1. The summed E-state index contributed by atoms with van der Waals surface area (Å²) in [6.45, 7) is 0.351. The maximum absolute atomic E-state index is 13.2. The minimum Gasteiger partial charge on any atom is -0.348 e. The second kappa shape index (κ2) is 8.70. The lowest BCUT2D eigenvalue weighted by Crippen LogP contribution is -2.43. The molecule has 6 nitrogen and oxygen atoms in total. The number of hydrogen-bond donors (Lipinski definition) is 1. The molecular formula is C24H20ClN3O3. The van der Waals surface area contributed by atoms with Crippen molar-refractivity contribution >= 4 is 34.9 Å². The van der Waals surface area contributed by atoms with Crippen LogP contribution in [0.3, 0.4) is 0 Å². The number of nitrogens with zero attached hydrogens (tertiary/aromatic N) is 2. The molecule has 0 saturated heterocycles. The second-order valence-corrected chi connectivity index (χ2v) is 7.85. The molecule has 1 unspecified atom stereocenters. The maximum atomic E-state index is 13.2. The monoisotopic (exact) mass is 433 g/mol. The van der Waals surface area contributed by atoms with Crippen LogP contribution in [0.25, 0.3) is 0 Å². The number of rotatable bonds is 5. The lowest BCUT2D eigenvalue weighted by molar-refractivity contribution is -0.120. The summed E-state index contributed by atoms with van der Waals surface area (Å²) in [5, 5.41) is 3.43. The van der Waals surface area contributed by atoms with Crippen molar-refractivity contribution in [2.75, 3.05) is 11.9 Å². The van der Waals surface area contributed by atoms with Gasteiger partial charge in [-0.3, -0.25) is 19.4 Å². The zero-order chi connectivity index (χ0) is 22.0. The predicted octanol–water partition coefficient (Wildman–Crippen LogP) is 3.68.